The first-order valence-corrected chi connectivity index (χ1v) is 4.72. The molecule has 0 aliphatic rings. The highest BCUT2D eigenvalue weighted by molar-refractivity contribution is 5.69. The molecule has 0 amide bonds. The first-order valence-electron chi connectivity index (χ1n) is 4.72. The second-order valence-electron chi connectivity index (χ2n) is 4.13. The smallest absolute Gasteiger partial charge is 0.317 e. The number of rotatable bonds is 6. The average Bonchev–Trinajstić information content (AvgIpc) is 2.00. The molecule has 6 nitrogen and oxygen atoms in total. The van der Waals surface area contributed by atoms with Crippen molar-refractivity contribution >= 4 is 11.9 Å². The monoisotopic (exact) mass is 232 g/mol. The number of carboxylic acids is 2. The van der Waals surface area contributed by atoms with Crippen LogP contribution in [0.1, 0.15) is 0 Å². The quantitative estimate of drug-likeness (QED) is 0.323. The lowest BCUT2D eigenvalue weighted by atomic mass is 10.5. The molecule has 0 heterocycles. The highest BCUT2D eigenvalue weighted by Crippen LogP contribution is 1.84. The van der Waals surface area contributed by atoms with E-state index in [1.807, 2.05) is 0 Å². The van der Waals surface area contributed by atoms with Crippen LogP contribution in [0.15, 0.2) is 12.7 Å². The molecule has 0 fully saturated rings. The first kappa shape index (κ1) is 17.0. The topological polar surface area (TPSA) is 89.5 Å². The van der Waals surface area contributed by atoms with Gasteiger partial charge in [0.05, 0.1) is 33.7 Å². The predicted molar refractivity (Wildman–Crippen MR) is 58.6 cm³/mol. The first-order chi connectivity index (χ1) is 7.19. The van der Waals surface area contributed by atoms with Crippen molar-refractivity contribution in [2.45, 2.75) is 0 Å². The van der Waals surface area contributed by atoms with Gasteiger partial charge < -0.3 is 24.8 Å². The fraction of sp³-hybridized carbons (Fsp3) is 0.600. The molecule has 94 valence electrons. The van der Waals surface area contributed by atoms with Crippen LogP contribution in [0.3, 0.4) is 0 Å². The zero-order valence-corrected chi connectivity index (χ0v) is 10.0. The molecule has 0 aliphatic heterocycles. The van der Waals surface area contributed by atoms with Gasteiger partial charge in [-0.15, -0.1) is 6.58 Å². The Bertz CT molecular complexity index is 233. The van der Waals surface area contributed by atoms with Gasteiger partial charge >= 0.3 is 5.97 Å². The van der Waals surface area contributed by atoms with Gasteiger partial charge in [-0.05, 0) is 0 Å². The average molecular weight is 232 g/mol. The van der Waals surface area contributed by atoms with E-state index in [1.54, 1.807) is 27.2 Å². The Kier molecular flexibility index (Phi) is 9.43. The summed E-state index contributed by atoms with van der Waals surface area (Å²) in [5.74, 6) is -1.84. The second kappa shape index (κ2) is 8.87. The summed E-state index contributed by atoms with van der Waals surface area (Å²) in [7, 11) is 5.40. The van der Waals surface area contributed by atoms with E-state index in [0.717, 1.165) is 0 Å². The number of likely N-dealkylation sites (N-methyl/N-ethyl adjacent to an activating group) is 1. The lowest BCUT2D eigenvalue weighted by Gasteiger charge is -2.23. The van der Waals surface area contributed by atoms with Crippen LogP contribution in [-0.4, -0.2) is 62.3 Å². The van der Waals surface area contributed by atoms with Crippen LogP contribution >= 0.6 is 0 Å². The van der Waals surface area contributed by atoms with E-state index in [-0.39, 0.29) is 13.1 Å². The standard InChI is InChI=1S/C5H11NO2.C5H9NO2/c1-6(2,3)4-5(7)8;1-2-3-6-4-5(7)8/h4H2,1-3H3;2,6H,1,3-4H2,(H,7,8). The Balaban J connectivity index is 0. The van der Waals surface area contributed by atoms with Crippen LogP contribution in [0.25, 0.3) is 0 Å². The molecule has 0 saturated heterocycles. The van der Waals surface area contributed by atoms with Crippen LogP contribution in [0.4, 0.5) is 0 Å². The number of carbonyl (C=O) groups excluding carboxylic acids is 1. The van der Waals surface area contributed by atoms with Crippen LogP contribution in [0.2, 0.25) is 0 Å². The number of hydrogen-bond donors (Lipinski definition) is 2. The van der Waals surface area contributed by atoms with Crippen molar-refractivity contribution in [3.05, 3.63) is 12.7 Å². The summed E-state index contributed by atoms with van der Waals surface area (Å²) >= 11 is 0. The maximum Gasteiger partial charge on any atom is 0.317 e. The molecule has 16 heavy (non-hydrogen) atoms. The molecule has 6 heteroatoms. The lowest BCUT2D eigenvalue weighted by molar-refractivity contribution is -0.864. The van der Waals surface area contributed by atoms with Crippen molar-refractivity contribution < 1.29 is 24.3 Å². The molecule has 0 unspecified atom stereocenters. The van der Waals surface area contributed by atoms with Crippen molar-refractivity contribution in [3.63, 3.8) is 0 Å². The van der Waals surface area contributed by atoms with Gasteiger partial charge in [0.25, 0.3) is 0 Å². The fourth-order valence-corrected chi connectivity index (χ4v) is 0.668. The van der Waals surface area contributed by atoms with Gasteiger partial charge in [0.15, 0.2) is 0 Å². The van der Waals surface area contributed by atoms with Gasteiger partial charge in [0, 0.05) is 6.54 Å². The Labute approximate surface area is 95.8 Å². The summed E-state index contributed by atoms with van der Waals surface area (Å²) < 4.78 is 0.419. The molecule has 0 atom stereocenters. The van der Waals surface area contributed by atoms with E-state index in [2.05, 4.69) is 11.9 Å². The van der Waals surface area contributed by atoms with Crippen molar-refractivity contribution in [1.82, 2.24) is 5.32 Å². The van der Waals surface area contributed by atoms with Gasteiger partial charge in [-0.2, -0.15) is 0 Å². The summed E-state index contributed by atoms with van der Waals surface area (Å²) in [6.45, 7) is 4.03. The van der Waals surface area contributed by atoms with E-state index < -0.39 is 11.9 Å². The SMILES string of the molecule is C=CCNCC(=O)O.C[N+](C)(C)CC(=O)[O-]. The maximum absolute atomic E-state index is 9.89. The van der Waals surface area contributed by atoms with Crippen molar-refractivity contribution in [2.24, 2.45) is 0 Å². The molecule has 0 aromatic carbocycles. The number of carbonyl (C=O) groups is 2. The largest absolute Gasteiger partial charge is 0.544 e. The zero-order chi connectivity index (χ0) is 13.2. The van der Waals surface area contributed by atoms with Crippen LogP contribution in [0.5, 0.6) is 0 Å². The fourth-order valence-electron chi connectivity index (χ4n) is 0.668. The number of hydrogen-bond acceptors (Lipinski definition) is 4. The maximum atomic E-state index is 9.89. The molecule has 0 aromatic rings. The zero-order valence-electron chi connectivity index (χ0n) is 10.0. The number of nitrogens with zero attached hydrogens (tertiary/aromatic N) is 1. The van der Waals surface area contributed by atoms with Gasteiger partial charge in [-0.25, -0.2) is 0 Å². The second-order valence-corrected chi connectivity index (χ2v) is 4.13. The molecular weight excluding hydrogens is 212 g/mol. The highest BCUT2D eigenvalue weighted by atomic mass is 16.4. The molecule has 0 saturated carbocycles. The predicted octanol–water partition coefficient (Wildman–Crippen LogP) is -1.71. The number of aliphatic carboxylic acids is 2. The third-order valence-electron chi connectivity index (χ3n) is 1.17. The number of carboxylic acid groups (broad SMARTS) is 2. The number of nitrogens with one attached hydrogen (secondary N) is 1. The van der Waals surface area contributed by atoms with Crippen molar-refractivity contribution in [2.75, 3.05) is 40.8 Å². The van der Waals surface area contributed by atoms with Gasteiger partial charge in [-0.3, -0.25) is 4.79 Å². The van der Waals surface area contributed by atoms with Crippen molar-refractivity contribution in [3.8, 4) is 0 Å². The summed E-state index contributed by atoms with van der Waals surface area (Å²) in [5, 5.41) is 20.5. The van der Waals surface area contributed by atoms with Crippen LogP contribution in [0, 0.1) is 0 Å². The molecule has 0 aliphatic carbocycles. The van der Waals surface area contributed by atoms with E-state index in [1.165, 1.54) is 0 Å². The third-order valence-corrected chi connectivity index (χ3v) is 1.17. The normalized spacial score (nSPS) is 9.94. The van der Waals surface area contributed by atoms with E-state index in [0.29, 0.717) is 11.0 Å². The van der Waals surface area contributed by atoms with Crippen LogP contribution < -0.4 is 10.4 Å². The Hall–Kier alpha value is -1.40. The Morgan fingerprint density at radius 1 is 1.44 bits per heavy atom. The van der Waals surface area contributed by atoms with Gasteiger partial charge in [0.2, 0.25) is 0 Å². The van der Waals surface area contributed by atoms with Gasteiger partial charge in [-0.1, -0.05) is 6.08 Å². The minimum Gasteiger partial charge on any atom is -0.544 e. The summed E-state index contributed by atoms with van der Waals surface area (Å²) in [6, 6.07) is 0. The molecule has 0 aromatic heterocycles. The Morgan fingerprint density at radius 2 is 1.94 bits per heavy atom. The van der Waals surface area contributed by atoms with Crippen LogP contribution in [-0.2, 0) is 9.59 Å². The minimum absolute atomic E-state index is 0.00597. The third kappa shape index (κ3) is 22.9. The molecule has 0 rings (SSSR count). The van der Waals surface area contributed by atoms with Crippen molar-refractivity contribution in [1.29, 1.82) is 0 Å². The summed E-state index contributed by atoms with van der Waals surface area (Å²) in [5.41, 5.74) is 0. The van der Waals surface area contributed by atoms with Gasteiger partial charge in [0.1, 0.15) is 6.54 Å². The molecule has 0 bridgehead atoms. The van der Waals surface area contributed by atoms with E-state index >= 15 is 0 Å². The molecule has 2 N–H and O–H groups in total. The Morgan fingerprint density at radius 3 is 2.12 bits per heavy atom. The molecule has 0 spiro atoms. The minimum atomic E-state index is -1.00. The summed E-state index contributed by atoms with van der Waals surface area (Å²) in [6.07, 6.45) is 1.61. The molecule has 0 radical (unpaired) electrons. The molecular formula is C10H20N2O4. The van der Waals surface area contributed by atoms with E-state index in [4.69, 9.17) is 5.11 Å². The van der Waals surface area contributed by atoms with E-state index in [9.17, 15) is 14.7 Å². The number of quaternary nitrogens is 1. The highest BCUT2D eigenvalue weighted by Gasteiger charge is 2.04. The summed E-state index contributed by atoms with van der Waals surface area (Å²) in [4.78, 5) is 19.7. The lowest BCUT2D eigenvalue weighted by Crippen LogP contribution is -2.45.